The van der Waals surface area contributed by atoms with Crippen molar-refractivity contribution in [2.24, 2.45) is 0 Å². The lowest BCUT2D eigenvalue weighted by Gasteiger charge is -2.10. The first-order valence-electron chi connectivity index (χ1n) is 8.33. The topological polar surface area (TPSA) is 104 Å². The molecule has 12 heteroatoms. The molecule has 0 fully saturated rings. The van der Waals surface area contributed by atoms with Crippen LogP contribution in [-0.2, 0) is 10.0 Å². The van der Waals surface area contributed by atoms with Crippen molar-refractivity contribution in [3.63, 3.8) is 0 Å². The van der Waals surface area contributed by atoms with Gasteiger partial charge in [0.15, 0.2) is 0 Å². The van der Waals surface area contributed by atoms with Crippen molar-refractivity contribution in [1.29, 1.82) is 0 Å². The van der Waals surface area contributed by atoms with E-state index in [1.165, 1.54) is 22.9 Å². The Morgan fingerprint density at radius 2 is 1.80 bits per heavy atom. The van der Waals surface area contributed by atoms with Crippen LogP contribution >= 0.6 is 11.6 Å². The molecule has 2 aromatic carbocycles. The summed E-state index contributed by atoms with van der Waals surface area (Å²) in [6, 6.07) is 13.1. The van der Waals surface area contributed by atoms with Crippen LogP contribution in [0.5, 0.6) is 0 Å². The summed E-state index contributed by atoms with van der Waals surface area (Å²) in [5.74, 6) is -0.540. The monoisotopic (exact) mass is 458 g/mol. The summed E-state index contributed by atoms with van der Waals surface area (Å²) in [6.45, 7) is -1.68. The number of amides is 1. The molecule has 0 aliphatic rings. The third-order valence-corrected chi connectivity index (χ3v) is 5.48. The molecular formula is C18H14ClF3N4O3S. The van der Waals surface area contributed by atoms with E-state index in [1.54, 1.807) is 24.3 Å². The van der Waals surface area contributed by atoms with E-state index < -0.39 is 28.7 Å². The van der Waals surface area contributed by atoms with Gasteiger partial charge in [0, 0.05) is 16.3 Å². The van der Waals surface area contributed by atoms with Crippen LogP contribution in [0.25, 0.3) is 11.3 Å². The molecule has 30 heavy (non-hydrogen) atoms. The zero-order chi connectivity index (χ0) is 21.9. The van der Waals surface area contributed by atoms with Crippen LogP contribution in [0.15, 0.2) is 59.5 Å². The van der Waals surface area contributed by atoms with Crippen molar-refractivity contribution in [2.75, 3.05) is 11.9 Å². The number of halogens is 4. The van der Waals surface area contributed by atoms with Gasteiger partial charge < -0.3 is 5.32 Å². The number of alkyl halides is 3. The Bertz CT molecular complexity index is 1160. The van der Waals surface area contributed by atoms with Crippen LogP contribution in [0.3, 0.4) is 0 Å². The number of nitrogens with one attached hydrogen (secondary N) is 3. The molecule has 0 aliphatic carbocycles. The van der Waals surface area contributed by atoms with Crippen molar-refractivity contribution in [1.82, 2.24) is 14.9 Å². The number of nitrogens with zero attached hydrogens (tertiary/aromatic N) is 1. The van der Waals surface area contributed by atoms with Gasteiger partial charge in [0.1, 0.15) is 12.2 Å². The van der Waals surface area contributed by atoms with Crippen molar-refractivity contribution in [2.45, 2.75) is 11.1 Å². The second-order valence-electron chi connectivity index (χ2n) is 6.10. The van der Waals surface area contributed by atoms with Gasteiger partial charge in [-0.1, -0.05) is 23.7 Å². The highest BCUT2D eigenvalue weighted by Crippen LogP contribution is 2.22. The molecular weight excluding hydrogens is 445 g/mol. The molecule has 0 unspecified atom stereocenters. The summed E-state index contributed by atoms with van der Waals surface area (Å²) >= 11 is 5.94. The summed E-state index contributed by atoms with van der Waals surface area (Å²) in [7, 11) is -4.33. The zero-order valence-electron chi connectivity index (χ0n) is 15.0. The van der Waals surface area contributed by atoms with Gasteiger partial charge in [-0.3, -0.25) is 9.89 Å². The summed E-state index contributed by atoms with van der Waals surface area (Å²) < 4.78 is 61.8. The van der Waals surface area contributed by atoms with Gasteiger partial charge in [0.2, 0.25) is 10.0 Å². The van der Waals surface area contributed by atoms with Gasteiger partial charge in [-0.2, -0.15) is 18.3 Å². The fraction of sp³-hybridized carbons (Fsp3) is 0.111. The lowest BCUT2D eigenvalue weighted by atomic mass is 10.1. The average Bonchev–Trinajstić information content (AvgIpc) is 3.17. The molecule has 3 rings (SSSR count). The zero-order valence-corrected chi connectivity index (χ0v) is 16.6. The third-order valence-electron chi connectivity index (χ3n) is 3.83. The number of anilines is 1. The molecule has 0 saturated heterocycles. The summed E-state index contributed by atoms with van der Waals surface area (Å²) in [5, 5.41) is 9.70. The van der Waals surface area contributed by atoms with Crippen LogP contribution < -0.4 is 10.0 Å². The van der Waals surface area contributed by atoms with E-state index in [1.807, 2.05) is 0 Å². The Morgan fingerprint density at radius 1 is 1.10 bits per heavy atom. The molecule has 158 valence electrons. The number of H-pyrrole nitrogens is 1. The fourth-order valence-electron chi connectivity index (χ4n) is 2.41. The van der Waals surface area contributed by atoms with Crippen molar-refractivity contribution in [3.05, 3.63) is 65.3 Å². The Morgan fingerprint density at radius 3 is 2.43 bits per heavy atom. The van der Waals surface area contributed by atoms with E-state index in [-0.39, 0.29) is 16.3 Å². The molecule has 1 amide bonds. The van der Waals surface area contributed by atoms with Crippen LogP contribution in [-0.4, -0.2) is 37.2 Å². The first-order chi connectivity index (χ1) is 14.0. The van der Waals surface area contributed by atoms with Crippen molar-refractivity contribution in [3.8, 4) is 11.3 Å². The van der Waals surface area contributed by atoms with Gasteiger partial charge >= 0.3 is 6.18 Å². The minimum atomic E-state index is -4.67. The highest BCUT2D eigenvalue weighted by molar-refractivity contribution is 7.89. The molecule has 3 N–H and O–H groups in total. The standard InChI is InChI=1S/C18H14ClF3N4O3S/c19-12-3-1-2-11(8-12)15-9-16(26-25-15)17(27)24-13-4-6-14(7-5-13)30(28,29)23-10-18(20,21)22/h1-9,23H,10H2,(H,24,27)(H,25,26). The largest absolute Gasteiger partial charge is 0.402 e. The Hall–Kier alpha value is -2.89. The molecule has 7 nitrogen and oxygen atoms in total. The number of hydrogen-bond donors (Lipinski definition) is 3. The summed E-state index contributed by atoms with van der Waals surface area (Å²) in [6.07, 6.45) is -4.67. The predicted octanol–water partition coefficient (Wildman–Crippen LogP) is 3.82. The van der Waals surface area contributed by atoms with Crippen molar-refractivity contribution < 1.29 is 26.4 Å². The molecule has 0 aliphatic heterocycles. The van der Waals surface area contributed by atoms with E-state index >= 15 is 0 Å². The number of aromatic nitrogens is 2. The lowest BCUT2D eigenvalue weighted by Crippen LogP contribution is -2.33. The van der Waals surface area contributed by atoms with Gasteiger partial charge in [-0.15, -0.1) is 0 Å². The van der Waals surface area contributed by atoms with Gasteiger partial charge in [0.25, 0.3) is 5.91 Å². The number of sulfonamides is 1. The van der Waals surface area contributed by atoms with E-state index in [9.17, 15) is 26.4 Å². The minimum absolute atomic E-state index is 0.147. The Balaban J connectivity index is 1.68. The lowest BCUT2D eigenvalue weighted by molar-refractivity contribution is -0.121. The van der Waals surface area contributed by atoms with E-state index in [2.05, 4.69) is 15.5 Å². The van der Waals surface area contributed by atoms with Crippen LogP contribution in [0, 0.1) is 0 Å². The maximum absolute atomic E-state index is 12.4. The summed E-state index contributed by atoms with van der Waals surface area (Å²) in [5.41, 5.74) is 1.60. The van der Waals surface area contributed by atoms with Crippen LogP contribution in [0.1, 0.15) is 10.5 Å². The number of benzene rings is 2. The van der Waals surface area contributed by atoms with E-state index in [0.717, 1.165) is 12.1 Å². The molecule has 3 aromatic rings. The number of rotatable bonds is 6. The number of aromatic amines is 1. The molecule has 0 radical (unpaired) electrons. The Kier molecular flexibility index (Phi) is 6.15. The SMILES string of the molecule is O=C(Nc1ccc(S(=O)(=O)NCC(F)(F)F)cc1)c1cc(-c2cccc(Cl)c2)n[nH]1. The van der Waals surface area contributed by atoms with E-state index in [0.29, 0.717) is 16.3 Å². The number of carbonyl (C=O) groups excluding carboxylic acids is 1. The number of carbonyl (C=O) groups is 1. The van der Waals surface area contributed by atoms with Gasteiger partial charge in [-0.05, 0) is 42.5 Å². The minimum Gasteiger partial charge on any atom is -0.321 e. The van der Waals surface area contributed by atoms with Crippen LogP contribution in [0.4, 0.5) is 18.9 Å². The van der Waals surface area contributed by atoms with Gasteiger partial charge in [0.05, 0.1) is 10.6 Å². The maximum Gasteiger partial charge on any atom is 0.402 e. The molecule has 1 aromatic heterocycles. The first kappa shape index (κ1) is 21.8. The highest BCUT2D eigenvalue weighted by atomic mass is 35.5. The maximum atomic E-state index is 12.4. The third kappa shape index (κ3) is 5.59. The first-order valence-corrected chi connectivity index (χ1v) is 10.2. The molecule has 0 atom stereocenters. The molecule has 0 bridgehead atoms. The number of hydrogen-bond acceptors (Lipinski definition) is 4. The molecule has 0 spiro atoms. The average molecular weight is 459 g/mol. The second kappa shape index (κ2) is 8.46. The van der Waals surface area contributed by atoms with Crippen molar-refractivity contribution >= 4 is 33.2 Å². The van der Waals surface area contributed by atoms with Crippen LogP contribution in [0.2, 0.25) is 5.02 Å². The molecule has 0 saturated carbocycles. The normalized spacial score (nSPS) is 12.0. The Labute approximate surface area is 174 Å². The van der Waals surface area contributed by atoms with Gasteiger partial charge in [-0.25, -0.2) is 13.1 Å². The second-order valence-corrected chi connectivity index (χ2v) is 8.30. The smallest absolute Gasteiger partial charge is 0.321 e. The van der Waals surface area contributed by atoms with E-state index in [4.69, 9.17) is 11.6 Å². The highest BCUT2D eigenvalue weighted by Gasteiger charge is 2.30. The quantitative estimate of drug-likeness (QED) is 0.522. The molecule has 1 heterocycles. The predicted molar refractivity (Wildman–Crippen MR) is 105 cm³/mol. The summed E-state index contributed by atoms with van der Waals surface area (Å²) in [4.78, 5) is 12.0. The fourth-order valence-corrected chi connectivity index (χ4v) is 3.61.